The van der Waals surface area contributed by atoms with Crippen molar-refractivity contribution in [1.82, 2.24) is 4.90 Å². The fourth-order valence-corrected chi connectivity index (χ4v) is 3.12. The van der Waals surface area contributed by atoms with Crippen LogP contribution >= 0.6 is 39.1 Å². The second-order valence-corrected chi connectivity index (χ2v) is 5.95. The van der Waals surface area contributed by atoms with Gasteiger partial charge in [-0.1, -0.05) is 45.2 Å². The maximum atomic E-state index is 12.4. The molecule has 0 saturated carbocycles. The van der Waals surface area contributed by atoms with Crippen molar-refractivity contribution in [2.24, 2.45) is 5.92 Å². The molecule has 98 valence electrons. The number of rotatable bonds is 2. The normalized spacial score (nSPS) is 19.9. The van der Waals surface area contributed by atoms with E-state index < -0.39 is 0 Å². The van der Waals surface area contributed by atoms with Crippen molar-refractivity contribution in [3.8, 4) is 0 Å². The summed E-state index contributed by atoms with van der Waals surface area (Å²) >= 11 is 15.5. The molecule has 1 aliphatic heterocycles. The Morgan fingerprint density at radius 1 is 1.44 bits per heavy atom. The average molecular weight is 351 g/mol. The van der Waals surface area contributed by atoms with Crippen LogP contribution in [0.15, 0.2) is 18.2 Å². The highest BCUT2D eigenvalue weighted by Gasteiger charge is 2.25. The highest BCUT2D eigenvalue weighted by atomic mass is 79.9. The molecule has 5 heteroatoms. The van der Waals surface area contributed by atoms with Gasteiger partial charge >= 0.3 is 0 Å². The molecule has 1 unspecified atom stereocenters. The van der Waals surface area contributed by atoms with E-state index in [9.17, 15) is 4.79 Å². The molecule has 1 heterocycles. The van der Waals surface area contributed by atoms with Crippen LogP contribution in [0.3, 0.4) is 0 Å². The van der Waals surface area contributed by atoms with Gasteiger partial charge in [-0.3, -0.25) is 4.79 Å². The van der Waals surface area contributed by atoms with E-state index in [-0.39, 0.29) is 5.91 Å². The molecule has 2 nitrogen and oxygen atoms in total. The van der Waals surface area contributed by atoms with Crippen molar-refractivity contribution in [3.63, 3.8) is 0 Å². The van der Waals surface area contributed by atoms with Gasteiger partial charge in [-0.25, -0.2) is 0 Å². The summed E-state index contributed by atoms with van der Waals surface area (Å²) in [5, 5.41) is 1.71. The smallest absolute Gasteiger partial charge is 0.255 e. The molecule has 0 bridgehead atoms. The predicted octanol–water partition coefficient (Wildman–Crippen LogP) is 4.24. The Labute approximate surface area is 125 Å². The first-order chi connectivity index (χ1) is 8.63. The lowest BCUT2D eigenvalue weighted by atomic mass is 9.99. The minimum atomic E-state index is -0.0202. The van der Waals surface area contributed by atoms with Gasteiger partial charge in [-0.05, 0) is 30.9 Å². The Hall–Kier alpha value is -0.250. The summed E-state index contributed by atoms with van der Waals surface area (Å²) in [6, 6.07) is 5.18. The van der Waals surface area contributed by atoms with Crippen LogP contribution in [0.1, 0.15) is 23.2 Å². The zero-order chi connectivity index (χ0) is 13.1. The molecule has 0 aliphatic carbocycles. The minimum Gasteiger partial charge on any atom is -0.338 e. The molecule has 18 heavy (non-hydrogen) atoms. The standard InChI is InChI=1S/C13H14BrCl2NO/c14-7-9-3-2-6-17(8-9)13(18)10-4-1-5-11(15)12(10)16/h1,4-5,9H,2-3,6-8H2. The van der Waals surface area contributed by atoms with Crippen molar-refractivity contribution in [1.29, 1.82) is 0 Å². The van der Waals surface area contributed by atoms with E-state index in [2.05, 4.69) is 15.9 Å². The van der Waals surface area contributed by atoms with Crippen LogP contribution in [0.4, 0.5) is 0 Å². The number of halogens is 3. The summed E-state index contributed by atoms with van der Waals surface area (Å²) in [6.07, 6.45) is 2.21. The molecular weight excluding hydrogens is 337 g/mol. The van der Waals surface area contributed by atoms with Gasteiger partial charge in [-0.15, -0.1) is 0 Å². The third-order valence-electron chi connectivity index (χ3n) is 3.21. The van der Waals surface area contributed by atoms with Crippen molar-refractivity contribution < 1.29 is 4.79 Å². The molecule has 1 atom stereocenters. The van der Waals surface area contributed by atoms with Gasteiger partial charge in [0.15, 0.2) is 0 Å². The van der Waals surface area contributed by atoms with Crippen LogP contribution in [0.2, 0.25) is 10.0 Å². The zero-order valence-corrected chi connectivity index (χ0v) is 12.9. The molecule has 1 aliphatic rings. The summed E-state index contributed by atoms with van der Waals surface area (Å²) in [4.78, 5) is 14.3. The number of benzene rings is 1. The first-order valence-electron chi connectivity index (χ1n) is 5.92. The minimum absolute atomic E-state index is 0.0202. The molecular formula is C13H14BrCl2NO. The molecule has 0 spiro atoms. The first-order valence-corrected chi connectivity index (χ1v) is 7.80. The van der Waals surface area contributed by atoms with Gasteiger partial charge < -0.3 is 4.90 Å². The van der Waals surface area contributed by atoms with Crippen LogP contribution in [0.5, 0.6) is 0 Å². The van der Waals surface area contributed by atoms with Gasteiger partial charge in [-0.2, -0.15) is 0 Å². The second-order valence-electron chi connectivity index (χ2n) is 4.52. The predicted molar refractivity (Wildman–Crippen MR) is 78.9 cm³/mol. The quantitative estimate of drug-likeness (QED) is 0.730. The summed E-state index contributed by atoms with van der Waals surface area (Å²) < 4.78 is 0. The molecule has 0 aromatic heterocycles. The molecule has 2 rings (SSSR count). The SMILES string of the molecule is O=C(c1cccc(Cl)c1Cl)N1CCCC(CBr)C1. The van der Waals surface area contributed by atoms with Crippen molar-refractivity contribution >= 4 is 45.0 Å². The number of nitrogens with zero attached hydrogens (tertiary/aromatic N) is 1. The lowest BCUT2D eigenvalue weighted by molar-refractivity contribution is 0.0686. The van der Waals surface area contributed by atoms with Crippen molar-refractivity contribution in [3.05, 3.63) is 33.8 Å². The highest BCUT2D eigenvalue weighted by molar-refractivity contribution is 9.09. The number of carbonyl (C=O) groups is 1. The number of hydrogen-bond acceptors (Lipinski definition) is 1. The Morgan fingerprint density at radius 2 is 2.22 bits per heavy atom. The van der Waals surface area contributed by atoms with Gasteiger partial charge in [0.2, 0.25) is 0 Å². The molecule has 0 radical (unpaired) electrons. The topological polar surface area (TPSA) is 20.3 Å². The van der Waals surface area contributed by atoms with Crippen LogP contribution in [0.25, 0.3) is 0 Å². The van der Waals surface area contributed by atoms with E-state index >= 15 is 0 Å². The third-order valence-corrected chi connectivity index (χ3v) is 4.94. The van der Waals surface area contributed by atoms with Gasteiger partial charge in [0.25, 0.3) is 5.91 Å². The fraction of sp³-hybridized carbons (Fsp3) is 0.462. The molecule has 1 aromatic carbocycles. The monoisotopic (exact) mass is 349 g/mol. The first kappa shape index (κ1) is 14.2. The van der Waals surface area contributed by atoms with Gasteiger partial charge in [0.05, 0.1) is 15.6 Å². The molecule has 1 amide bonds. The number of hydrogen-bond donors (Lipinski definition) is 0. The largest absolute Gasteiger partial charge is 0.338 e. The number of likely N-dealkylation sites (tertiary alicyclic amines) is 1. The maximum absolute atomic E-state index is 12.4. The Kier molecular flexibility index (Phi) is 4.93. The van der Waals surface area contributed by atoms with E-state index in [1.165, 1.54) is 0 Å². The number of amides is 1. The lowest BCUT2D eigenvalue weighted by Crippen LogP contribution is -2.40. The van der Waals surface area contributed by atoms with Crippen LogP contribution < -0.4 is 0 Å². The van der Waals surface area contributed by atoms with E-state index in [0.717, 1.165) is 31.3 Å². The molecule has 1 fully saturated rings. The molecule has 1 aromatic rings. The summed E-state index contributed by atoms with van der Waals surface area (Å²) in [7, 11) is 0. The van der Waals surface area contributed by atoms with Gasteiger partial charge in [0.1, 0.15) is 0 Å². The summed E-state index contributed by atoms with van der Waals surface area (Å²) in [5.74, 6) is 0.508. The number of carbonyl (C=O) groups excluding carboxylic acids is 1. The highest BCUT2D eigenvalue weighted by Crippen LogP contribution is 2.28. The second kappa shape index (κ2) is 6.27. The summed E-state index contributed by atoms with van der Waals surface area (Å²) in [6.45, 7) is 1.58. The fourth-order valence-electron chi connectivity index (χ4n) is 2.21. The van der Waals surface area contributed by atoms with E-state index in [1.54, 1.807) is 18.2 Å². The Balaban J connectivity index is 2.18. The van der Waals surface area contributed by atoms with E-state index in [4.69, 9.17) is 23.2 Å². The van der Waals surface area contributed by atoms with Crippen LogP contribution in [-0.2, 0) is 0 Å². The average Bonchev–Trinajstić information content (AvgIpc) is 2.41. The zero-order valence-electron chi connectivity index (χ0n) is 9.83. The van der Waals surface area contributed by atoms with Crippen LogP contribution in [0, 0.1) is 5.92 Å². The maximum Gasteiger partial charge on any atom is 0.255 e. The Bertz CT molecular complexity index is 453. The number of alkyl halides is 1. The summed E-state index contributed by atoms with van der Waals surface area (Å²) in [5.41, 5.74) is 0.499. The molecule has 1 saturated heterocycles. The molecule has 0 N–H and O–H groups in total. The van der Waals surface area contributed by atoms with Crippen molar-refractivity contribution in [2.75, 3.05) is 18.4 Å². The van der Waals surface area contributed by atoms with Crippen LogP contribution in [-0.4, -0.2) is 29.2 Å². The number of piperidine rings is 1. The van der Waals surface area contributed by atoms with Gasteiger partial charge in [0, 0.05) is 18.4 Å². The third kappa shape index (κ3) is 3.01. The van der Waals surface area contributed by atoms with E-state index in [0.29, 0.717) is 21.5 Å². The Morgan fingerprint density at radius 3 is 2.94 bits per heavy atom. The van der Waals surface area contributed by atoms with Crippen molar-refractivity contribution in [2.45, 2.75) is 12.8 Å². The lowest BCUT2D eigenvalue weighted by Gasteiger charge is -2.32. The van der Waals surface area contributed by atoms with E-state index in [1.807, 2.05) is 4.90 Å².